The standard InChI is InChI=1S/C21H24N6/c22-14-17-6-7-21(24-15-17)26-12-8-19(9-13-26)23-10-3-11-27-20-5-2-1-4-18(20)16-25-27/h1-2,4-7,15-16,19,23H,3,8-13H2. The fourth-order valence-corrected chi connectivity index (χ4v) is 3.69. The van der Waals surface area contributed by atoms with Crippen LogP contribution in [-0.2, 0) is 6.54 Å². The van der Waals surface area contributed by atoms with Crippen LogP contribution in [-0.4, -0.2) is 40.4 Å². The maximum Gasteiger partial charge on any atom is 0.128 e. The number of nitrogens with one attached hydrogen (secondary N) is 1. The Balaban J connectivity index is 1.20. The molecule has 0 spiro atoms. The lowest BCUT2D eigenvalue weighted by Gasteiger charge is -2.33. The first-order chi connectivity index (χ1) is 13.3. The molecule has 0 aliphatic carbocycles. The molecule has 0 bridgehead atoms. The number of anilines is 1. The van der Waals surface area contributed by atoms with Gasteiger partial charge in [0.2, 0.25) is 0 Å². The van der Waals surface area contributed by atoms with Crippen molar-refractivity contribution in [1.29, 1.82) is 5.26 Å². The first-order valence-electron chi connectivity index (χ1n) is 9.58. The van der Waals surface area contributed by atoms with E-state index in [-0.39, 0.29) is 0 Å². The van der Waals surface area contributed by atoms with Gasteiger partial charge in [0.25, 0.3) is 0 Å². The number of aryl methyl sites for hydroxylation is 1. The second kappa shape index (κ2) is 8.19. The molecule has 1 saturated heterocycles. The van der Waals surface area contributed by atoms with Crippen molar-refractivity contribution in [3.05, 3.63) is 54.4 Å². The minimum atomic E-state index is 0.564. The summed E-state index contributed by atoms with van der Waals surface area (Å²) in [6.45, 7) is 3.95. The number of rotatable bonds is 6. The molecule has 4 rings (SSSR count). The summed E-state index contributed by atoms with van der Waals surface area (Å²) < 4.78 is 2.09. The molecule has 1 N–H and O–H groups in total. The second-order valence-electron chi connectivity index (χ2n) is 7.01. The lowest BCUT2D eigenvalue weighted by atomic mass is 10.0. The van der Waals surface area contributed by atoms with Gasteiger partial charge in [0.05, 0.1) is 17.3 Å². The number of benzene rings is 1. The molecule has 1 aliphatic heterocycles. The minimum Gasteiger partial charge on any atom is -0.357 e. The topological polar surface area (TPSA) is 69.8 Å². The van der Waals surface area contributed by atoms with Gasteiger partial charge < -0.3 is 10.2 Å². The molecule has 6 heteroatoms. The Labute approximate surface area is 159 Å². The highest BCUT2D eigenvalue weighted by Gasteiger charge is 2.19. The first kappa shape index (κ1) is 17.5. The Morgan fingerprint density at radius 1 is 1.11 bits per heavy atom. The molecule has 3 heterocycles. The van der Waals surface area contributed by atoms with Crippen LogP contribution >= 0.6 is 0 Å². The van der Waals surface area contributed by atoms with Crippen molar-refractivity contribution in [1.82, 2.24) is 20.1 Å². The van der Waals surface area contributed by atoms with Crippen LogP contribution in [0.25, 0.3) is 10.9 Å². The number of piperidine rings is 1. The normalized spacial score (nSPS) is 15.1. The summed E-state index contributed by atoms with van der Waals surface area (Å²) in [5, 5.41) is 18.3. The predicted octanol–water partition coefficient (Wildman–Crippen LogP) is 2.95. The second-order valence-corrected chi connectivity index (χ2v) is 7.01. The number of pyridine rings is 1. The van der Waals surface area contributed by atoms with Gasteiger partial charge in [-0.25, -0.2) is 4.98 Å². The van der Waals surface area contributed by atoms with Crippen molar-refractivity contribution in [2.24, 2.45) is 0 Å². The van der Waals surface area contributed by atoms with Gasteiger partial charge in [0, 0.05) is 37.3 Å². The van der Waals surface area contributed by atoms with Crippen molar-refractivity contribution in [2.45, 2.75) is 31.8 Å². The highest BCUT2D eigenvalue weighted by Crippen LogP contribution is 2.18. The summed E-state index contributed by atoms with van der Waals surface area (Å²) in [7, 11) is 0. The summed E-state index contributed by atoms with van der Waals surface area (Å²) in [6, 6.07) is 14.8. The number of hydrogen-bond donors (Lipinski definition) is 1. The average Bonchev–Trinajstić information content (AvgIpc) is 3.15. The molecule has 0 amide bonds. The first-order valence-corrected chi connectivity index (χ1v) is 9.58. The van der Waals surface area contributed by atoms with Gasteiger partial charge in [0.1, 0.15) is 11.9 Å². The lowest BCUT2D eigenvalue weighted by molar-refractivity contribution is 0.404. The van der Waals surface area contributed by atoms with Gasteiger partial charge in [0.15, 0.2) is 0 Å². The third kappa shape index (κ3) is 4.09. The molecule has 0 unspecified atom stereocenters. The molecule has 138 valence electrons. The van der Waals surface area contributed by atoms with Gasteiger partial charge in [-0.2, -0.15) is 10.4 Å². The van der Waals surface area contributed by atoms with E-state index in [1.807, 2.05) is 18.3 Å². The van der Waals surface area contributed by atoms with Gasteiger partial charge in [-0.15, -0.1) is 0 Å². The summed E-state index contributed by atoms with van der Waals surface area (Å²) >= 11 is 0. The summed E-state index contributed by atoms with van der Waals surface area (Å²) in [5.74, 6) is 0.970. The predicted molar refractivity (Wildman–Crippen MR) is 107 cm³/mol. The van der Waals surface area contributed by atoms with Crippen LogP contribution in [0, 0.1) is 11.3 Å². The van der Waals surface area contributed by atoms with E-state index >= 15 is 0 Å². The molecular weight excluding hydrogens is 336 g/mol. The van der Waals surface area contributed by atoms with E-state index in [0.29, 0.717) is 11.6 Å². The smallest absolute Gasteiger partial charge is 0.128 e. The van der Waals surface area contributed by atoms with Gasteiger partial charge in [-0.1, -0.05) is 18.2 Å². The number of nitriles is 1. The van der Waals surface area contributed by atoms with E-state index in [4.69, 9.17) is 5.26 Å². The molecule has 6 nitrogen and oxygen atoms in total. The van der Waals surface area contributed by atoms with Crippen molar-refractivity contribution in [2.75, 3.05) is 24.5 Å². The van der Waals surface area contributed by atoms with Crippen molar-refractivity contribution >= 4 is 16.7 Å². The van der Waals surface area contributed by atoms with Crippen LogP contribution < -0.4 is 10.2 Å². The Bertz CT molecular complexity index is 916. The average molecular weight is 360 g/mol. The Kier molecular flexibility index (Phi) is 5.31. The quantitative estimate of drug-likeness (QED) is 0.685. The molecular formula is C21H24N6. The van der Waals surface area contributed by atoms with E-state index in [1.54, 1.807) is 6.20 Å². The molecule has 0 radical (unpaired) electrons. The van der Waals surface area contributed by atoms with Crippen molar-refractivity contribution in [3.63, 3.8) is 0 Å². The Morgan fingerprint density at radius 3 is 2.74 bits per heavy atom. The minimum absolute atomic E-state index is 0.564. The third-order valence-corrected chi connectivity index (χ3v) is 5.23. The number of para-hydroxylation sites is 1. The van der Waals surface area contributed by atoms with Crippen molar-refractivity contribution < 1.29 is 0 Å². The number of aromatic nitrogens is 3. The fourth-order valence-electron chi connectivity index (χ4n) is 3.69. The van der Waals surface area contributed by atoms with Gasteiger partial charge >= 0.3 is 0 Å². The number of fused-ring (bicyclic) bond motifs is 1. The summed E-state index contributed by atoms with van der Waals surface area (Å²) in [4.78, 5) is 6.70. The number of nitrogens with zero attached hydrogens (tertiary/aromatic N) is 5. The van der Waals surface area contributed by atoms with E-state index in [0.717, 1.165) is 51.3 Å². The SMILES string of the molecule is N#Cc1ccc(N2CCC(NCCCn3ncc4ccccc43)CC2)nc1. The van der Waals surface area contributed by atoms with Gasteiger partial charge in [-0.05, 0) is 44.0 Å². The Hall–Kier alpha value is -2.91. The largest absolute Gasteiger partial charge is 0.357 e. The lowest BCUT2D eigenvalue weighted by Crippen LogP contribution is -2.43. The molecule has 27 heavy (non-hydrogen) atoms. The zero-order chi connectivity index (χ0) is 18.5. The van der Waals surface area contributed by atoms with Crippen LogP contribution in [0.2, 0.25) is 0 Å². The molecule has 1 aliphatic rings. The molecule has 0 atom stereocenters. The fraction of sp³-hybridized carbons (Fsp3) is 0.381. The van der Waals surface area contributed by atoms with Crippen molar-refractivity contribution in [3.8, 4) is 6.07 Å². The zero-order valence-electron chi connectivity index (χ0n) is 15.4. The molecule has 1 fully saturated rings. The Morgan fingerprint density at radius 2 is 1.96 bits per heavy atom. The molecule has 2 aromatic heterocycles. The van der Waals surface area contributed by atoms with Gasteiger partial charge in [-0.3, -0.25) is 4.68 Å². The van der Waals surface area contributed by atoms with Crippen LogP contribution in [0.1, 0.15) is 24.8 Å². The molecule has 1 aromatic carbocycles. The van der Waals surface area contributed by atoms with Crippen LogP contribution in [0.15, 0.2) is 48.8 Å². The highest BCUT2D eigenvalue weighted by molar-refractivity contribution is 5.78. The third-order valence-electron chi connectivity index (χ3n) is 5.23. The van der Waals surface area contributed by atoms with E-state index in [1.165, 1.54) is 10.9 Å². The van der Waals surface area contributed by atoms with E-state index in [2.05, 4.69) is 55.3 Å². The molecule has 3 aromatic rings. The van der Waals surface area contributed by atoms with Crippen LogP contribution in [0.5, 0.6) is 0 Å². The monoisotopic (exact) mass is 360 g/mol. The van der Waals surface area contributed by atoms with Crippen LogP contribution in [0.3, 0.4) is 0 Å². The van der Waals surface area contributed by atoms with E-state index < -0.39 is 0 Å². The van der Waals surface area contributed by atoms with E-state index in [9.17, 15) is 0 Å². The summed E-state index contributed by atoms with van der Waals surface area (Å²) in [5.41, 5.74) is 1.82. The molecule has 0 saturated carbocycles. The zero-order valence-corrected chi connectivity index (χ0v) is 15.4. The maximum absolute atomic E-state index is 8.87. The summed E-state index contributed by atoms with van der Waals surface area (Å²) in [6.07, 6.45) is 6.90. The maximum atomic E-state index is 8.87. The number of hydrogen-bond acceptors (Lipinski definition) is 5. The van der Waals surface area contributed by atoms with Crippen LogP contribution in [0.4, 0.5) is 5.82 Å². The highest BCUT2D eigenvalue weighted by atomic mass is 15.3.